The molecule has 4 nitrogen and oxygen atoms in total. The van der Waals surface area contributed by atoms with E-state index < -0.39 is 0 Å². The second-order valence-corrected chi connectivity index (χ2v) is 3.76. The standard InChI is InChI=1S/C12H15N3O/c1-8-6-5-7-10(11(8)16-4)12-13-9(2)15(3)14-12/h5-7H,1-4H3. The summed E-state index contributed by atoms with van der Waals surface area (Å²) in [7, 11) is 3.55. The fourth-order valence-corrected chi connectivity index (χ4v) is 1.68. The average Bonchev–Trinajstić information content (AvgIpc) is 2.59. The Bertz CT molecular complexity index is 497. The van der Waals surface area contributed by atoms with E-state index in [2.05, 4.69) is 10.1 Å². The van der Waals surface area contributed by atoms with E-state index in [0.29, 0.717) is 5.82 Å². The van der Waals surface area contributed by atoms with Gasteiger partial charge in [0.1, 0.15) is 11.6 Å². The smallest absolute Gasteiger partial charge is 0.185 e. The molecule has 0 aliphatic carbocycles. The minimum Gasteiger partial charge on any atom is -0.496 e. The van der Waals surface area contributed by atoms with Gasteiger partial charge >= 0.3 is 0 Å². The molecule has 0 radical (unpaired) electrons. The first-order valence-electron chi connectivity index (χ1n) is 5.15. The normalized spacial score (nSPS) is 10.5. The van der Waals surface area contributed by atoms with E-state index >= 15 is 0 Å². The van der Waals surface area contributed by atoms with Gasteiger partial charge in [-0.15, -0.1) is 0 Å². The van der Waals surface area contributed by atoms with Gasteiger partial charge in [0.15, 0.2) is 5.82 Å². The van der Waals surface area contributed by atoms with Gasteiger partial charge in [0.2, 0.25) is 0 Å². The molecule has 0 aliphatic rings. The molecule has 1 aromatic heterocycles. The lowest BCUT2D eigenvalue weighted by Gasteiger charge is -2.07. The molecule has 2 rings (SSSR count). The average molecular weight is 217 g/mol. The van der Waals surface area contributed by atoms with E-state index in [1.807, 2.05) is 39.1 Å². The number of aryl methyl sites for hydroxylation is 3. The zero-order chi connectivity index (χ0) is 11.7. The number of ether oxygens (including phenoxy) is 1. The van der Waals surface area contributed by atoms with Gasteiger partial charge < -0.3 is 4.74 Å². The van der Waals surface area contributed by atoms with Crippen LogP contribution in [0.15, 0.2) is 18.2 Å². The van der Waals surface area contributed by atoms with Gasteiger partial charge in [0, 0.05) is 7.05 Å². The summed E-state index contributed by atoms with van der Waals surface area (Å²) in [5, 5.41) is 4.36. The second-order valence-electron chi connectivity index (χ2n) is 3.76. The number of hydrogen-bond donors (Lipinski definition) is 0. The summed E-state index contributed by atoms with van der Waals surface area (Å²) in [4.78, 5) is 4.40. The van der Waals surface area contributed by atoms with Gasteiger partial charge in [0.05, 0.1) is 12.7 Å². The quantitative estimate of drug-likeness (QED) is 0.773. The minimum atomic E-state index is 0.709. The SMILES string of the molecule is COc1c(C)cccc1-c1nc(C)n(C)n1. The molecule has 0 amide bonds. The molecule has 1 heterocycles. The number of methoxy groups -OCH3 is 1. The molecule has 0 spiro atoms. The third kappa shape index (κ3) is 1.66. The Morgan fingerprint density at radius 1 is 1.25 bits per heavy atom. The van der Waals surface area contributed by atoms with Gasteiger partial charge in [-0.1, -0.05) is 12.1 Å². The highest BCUT2D eigenvalue weighted by molar-refractivity contribution is 5.66. The van der Waals surface area contributed by atoms with Gasteiger partial charge in [-0.25, -0.2) is 4.98 Å². The Balaban J connectivity index is 2.59. The number of aromatic nitrogens is 3. The van der Waals surface area contributed by atoms with Crippen molar-refractivity contribution >= 4 is 0 Å². The maximum atomic E-state index is 5.39. The van der Waals surface area contributed by atoms with Gasteiger partial charge in [-0.05, 0) is 25.5 Å². The largest absolute Gasteiger partial charge is 0.496 e. The fraction of sp³-hybridized carbons (Fsp3) is 0.333. The molecule has 0 fully saturated rings. The Kier molecular flexibility index (Phi) is 2.64. The number of rotatable bonds is 2. The van der Waals surface area contributed by atoms with E-state index in [-0.39, 0.29) is 0 Å². The lowest BCUT2D eigenvalue weighted by Crippen LogP contribution is -1.94. The van der Waals surface area contributed by atoms with Crippen molar-refractivity contribution in [2.75, 3.05) is 7.11 Å². The molecule has 4 heteroatoms. The molecule has 0 saturated heterocycles. The molecule has 0 aliphatic heterocycles. The van der Waals surface area contributed by atoms with Crippen molar-refractivity contribution in [1.82, 2.24) is 14.8 Å². The molecule has 0 bridgehead atoms. The molecule has 2 aromatic rings. The topological polar surface area (TPSA) is 39.9 Å². The summed E-state index contributed by atoms with van der Waals surface area (Å²) in [6, 6.07) is 5.97. The van der Waals surface area contributed by atoms with Gasteiger partial charge in [-0.2, -0.15) is 5.10 Å². The van der Waals surface area contributed by atoms with Crippen molar-refractivity contribution in [3.63, 3.8) is 0 Å². The Hall–Kier alpha value is -1.84. The number of para-hydroxylation sites is 1. The van der Waals surface area contributed by atoms with Gasteiger partial charge in [0.25, 0.3) is 0 Å². The zero-order valence-corrected chi connectivity index (χ0v) is 9.98. The van der Waals surface area contributed by atoms with Crippen molar-refractivity contribution in [1.29, 1.82) is 0 Å². The van der Waals surface area contributed by atoms with E-state index in [9.17, 15) is 0 Å². The molecular weight excluding hydrogens is 202 g/mol. The Labute approximate surface area is 94.9 Å². The van der Waals surface area contributed by atoms with Crippen LogP contribution in [0.2, 0.25) is 0 Å². The minimum absolute atomic E-state index is 0.709. The molecule has 16 heavy (non-hydrogen) atoms. The third-order valence-electron chi connectivity index (χ3n) is 2.64. The van der Waals surface area contributed by atoms with E-state index in [1.54, 1.807) is 11.8 Å². The van der Waals surface area contributed by atoms with Gasteiger partial charge in [-0.3, -0.25) is 4.68 Å². The van der Waals surface area contributed by atoms with Crippen molar-refractivity contribution < 1.29 is 4.74 Å². The highest BCUT2D eigenvalue weighted by Gasteiger charge is 2.12. The molecular formula is C12H15N3O. The lowest BCUT2D eigenvalue weighted by molar-refractivity contribution is 0.413. The molecule has 1 aromatic carbocycles. The van der Waals surface area contributed by atoms with Crippen LogP contribution in [0.25, 0.3) is 11.4 Å². The zero-order valence-electron chi connectivity index (χ0n) is 9.98. The van der Waals surface area contributed by atoms with Crippen LogP contribution in [0.1, 0.15) is 11.4 Å². The van der Waals surface area contributed by atoms with Crippen LogP contribution in [-0.4, -0.2) is 21.9 Å². The Morgan fingerprint density at radius 2 is 2.00 bits per heavy atom. The molecule has 0 saturated carbocycles. The predicted molar refractivity (Wildman–Crippen MR) is 62.5 cm³/mol. The fourth-order valence-electron chi connectivity index (χ4n) is 1.68. The first-order valence-corrected chi connectivity index (χ1v) is 5.15. The molecule has 0 unspecified atom stereocenters. The van der Waals surface area contributed by atoms with E-state index in [1.165, 1.54) is 0 Å². The maximum Gasteiger partial charge on any atom is 0.185 e. The molecule has 0 N–H and O–H groups in total. The maximum absolute atomic E-state index is 5.39. The predicted octanol–water partition coefficient (Wildman–Crippen LogP) is 2.11. The molecule has 0 atom stereocenters. The van der Waals surface area contributed by atoms with Crippen LogP contribution in [0.5, 0.6) is 5.75 Å². The number of benzene rings is 1. The third-order valence-corrected chi connectivity index (χ3v) is 2.64. The summed E-state index contributed by atoms with van der Waals surface area (Å²) in [5.41, 5.74) is 2.02. The summed E-state index contributed by atoms with van der Waals surface area (Å²) in [5.74, 6) is 2.44. The van der Waals surface area contributed by atoms with Crippen molar-refractivity contribution in [2.45, 2.75) is 13.8 Å². The van der Waals surface area contributed by atoms with Crippen LogP contribution in [-0.2, 0) is 7.05 Å². The van der Waals surface area contributed by atoms with E-state index in [4.69, 9.17) is 4.74 Å². The number of hydrogen-bond acceptors (Lipinski definition) is 3. The first kappa shape index (κ1) is 10.7. The Morgan fingerprint density at radius 3 is 2.56 bits per heavy atom. The lowest BCUT2D eigenvalue weighted by atomic mass is 10.1. The highest BCUT2D eigenvalue weighted by Crippen LogP contribution is 2.30. The summed E-state index contributed by atoms with van der Waals surface area (Å²) >= 11 is 0. The van der Waals surface area contributed by atoms with Crippen LogP contribution in [0.3, 0.4) is 0 Å². The number of nitrogens with zero attached hydrogens (tertiary/aromatic N) is 3. The summed E-state index contributed by atoms with van der Waals surface area (Å²) in [6.45, 7) is 3.94. The van der Waals surface area contributed by atoms with Crippen LogP contribution < -0.4 is 4.74 Å². The molecule has 84 valence electrons. The van der Waals surface area contributed by atoms with Crippen LogP contribution in [0, 0.1) is 13.8 Å². The van der Waals surface area contributed by atoms with Crippen LogP contribution in [0.4, 0.5) is 0 Å². The summed E-state index contributed by atoms with van der Waals surface area (Å²) < 4.78 is 7.15. The summed E-state index contributed by atoms with van der Waals surface area (Å²) in [6.07, 6.45) is 0. The monoisotopic (exact) mass is 217 g/mol. The first-order chi connectivity index (χ1) is 7.63. The van der Waals surface area contributed by atoms with Crippen molar-refractivity contribution in [2.24, 2.45) is 7.05 Å². The van der Waals surface area contributed by atoms with Crippen molar-refractivity contribution in [3.05, 3.63) is 29.6 Å². The van der Waals surface area contributed by atoms with E-state index in [0.717, 1.165) is 22.7 Å². The van der Waals surface area contributed by atoms with Crippen LogP contribution >= 0.6 is 0 Å². The van der Waals surface area contributed by atoms with Crippen molar-refractivity contribution in [3.8, 4) is 17.1 Å². The highest BCUT2D eigenvalue weighted by atomic mass is 16.5. The second kappa shape index (κ2) is 3.96.